The summed E-state index contributed by atoms with van der Waals surface area (Å²) in [5.41, 5.74) is 2.82. The molecule has 0 saturated carbocycles. The van der Waals surface area contributed by atoms with Gasteiger partial charge in [0.15, 0.2) is 8.32 Å². The van der Waals surface area contributed by atoms with Crippen LogP contribution in [0.25, 0.3) is 6.08 Å². The van der Waals surface area contributed by atoms with Crippen LogP contribution in [0, 0.1) is 0 Å². The summed E-state index contributed by atoms with van der Waals surface area (Å²) in [5, 5.41) is 0. The molecule has 2 nitrogen and oxygen atoms in total. The molecule has 0 N–H and O–H groups in total. The van der Waals surface area contributed by atoms with Gasteiger partial charge in [0.1, 0.15) is 0 Å². The Morgan fingerprint density at radius 1 is 1.13 bits per heavy atom. The van der Waals surface area contributed by atoms with E-state index in [-0.39, 0.29) is 0 Å². The first-order valence-electron chi connectivity index (χ1n) is 9.38. The van der Waals surface area contributed by atoms with Gasteiger partial charge in [0, 0.05) is 12.6 Å². The van der Waals surface area contributed by atoms with Gasteiger partial charge in [0.25, 0.3) is 0 Å². The average molecular weight is 330 g/mol. The molecule has 2 atom stereocenters. The fourth-order valence-electron chi connectivity index (χ4n) is 4.28. The van der Waals surface area contributed by atoms with E-state index in [4.69, 9.17) is 4.43 Å². The van der Waals surface area contributed by atoms with E-state index in [1.165, 1.54) is 48.7 Å². The van der Waals surface area contributed by atoms with Crippen LogP contribution in [0.4, 0.5) is 0 Å². The van der Waals surface area contributed by atoms with E-state index in [0.717, 1.165) is 6.54 Å². The van der Waals surface area contributed by atoms with Crippen LogP contribution in [-0.4, -0.2) is 38.5 Å². The standard InChI is InChI=1S/C20H31NOSi/c1-4-23(5-2,6-3)22-20-18(15-17-11-8-7-9-12-17)16-21-14-10-13-19(20)21/h7-9,11-12,15,19-20H,4-6,10,13-14,16H2,1-3H3/b18-15-/t19-,20+/m0/s1. The smallest absolute Gasteiger partial charge is 0.192 e. The summed E-state index contributed by atoms with van der Waals surface area (Å²) in [6.45, 7) is 9.35. The van der Waals surface area contributed by atoms with Crippen LogP contribution in [0.1, 0.15) is 39.2 Å². The molecular weight excluding hydrogens is 298 g/mol. The van der Waals surface area contributed by atoms with Crippen molar-refractivity contribution in [3.8, 4) is 0 Å². The summed E-state index contributed by atoms with van der Waals surface area (Å²) in [5.74, 6) is 0. The molecule has 0 radical (unpaired) electrons. The number of hydrogen-bond acceptors (Lipinski definition) is 2. The number of rotatable bonds is 6. The number of fused-ring (bicyclic) bond motifs is 1. The highest BCUT2D eigenvalue weighted by molar-refractivity contribution is 6.73. The highest BCUT2D eigenvalue weighted by Gasteiger charge is 2.44. The molecule has 2 saturated heterocycles. The maximum atomic E-state index is 6.97. The van der Waals surface area contributed by atoms with Crippen LogP contribution < -0.4 is 0 Å². The van der Waals surface area contributed by atoms with Crippen molar-refractivity contribution < 1.29 is 4.43 Å². The molecule has 2 aliphatic rings. The predicted octanol–water partition coefficient (Wildman–Crippen LogP) is 4.94. The van der Waals surface area contributed by atoms with Crippen molar-refractivity contribution in [2.75, 3.05) is 13.1 Å². The monoisotopic (exact) mass is 329 g/mol. The van der Waals surface area contributed by atoms with Gasteiger partial charge >= 0.3 is 0 Å². The summed E-state index contributed by atoms with van der Waals surface area (Å²) in [6.07, 6.45) is 5.37. The zero-order valence-corrected chi connectivity index (χ0v) is 15.9. The zero-order chi connectivity index (χ0) is 16.3. The van der Waals surface area contributed by atoms with Gasteiger partial charge in [-0.15, -0.1) is 0 Å². The molecule has 0 unspecified atom stereocenters. The Morgan fingerprint density at radius 3 is 2.48 bits per heavy atom. The maximum absolute atomic E-state index is 6.97. The molecule has 0 aliphatic carbocycles. The minimum atomic E-state index is -1.57. The Balaban J connectivity index is 1.88. The van der Waals surface area contributed by atoms with Crippen LogP contribution in [0.15, 0.2) is 35.9 Å². The third-order valence-electron chi connectivity index (χ3n) is 5.98. The van der Waals surface area contributed by atoms with Crippen LogP contribution in [0.2, 0.25) is 18.1 Å². The Hall–Kier alpha value is -0.903. The summed E-state index contributed by atoms with van der Waals surface area (Å²) in [6, 6.07) is 15.1. The molecule has 3 rings (SSSR count). The lowest BCUT2D eigenvalue weighted by atomic mass is 10.0. The van der Waals surface area contributed by atoms with Gasteiger partial charge in [-0.3, -0.25) is 4.90 Å². The molecule has 0 bridgehead atoms. The third-order valence-corrected chi connectivity index (χ3v) is 10.6. The van der Waals surface area contributed by atoms with Crippen molar-refractivity contribution in [1.29, 1.82) is 0 Å². The predicted molar refractivity (Wildman–Crippen MR) is 101 cm³/mol. The molecular formula is C20H31NOSi. The van der Waals surface area contributed by atoms with Crippen LogP contribution >= 0.6 is 0 Å². The fourth-order valence-corrected chi connectivity index (χ4v) is 7.12. The van der Waals surface area contributed by atoms with Crippen LogP contribution in [0.3, 0.4) is 0 Å². The maximum Gasteiger partial charge on any atom is 0.192 e. The van der Waals surface area contributed by atoms with E-state index in [0.29, 0.717) is 12.1 Å². The fraction of sp³-hybridized carbons (Fsp3) is 0.600. The van der Waals surface area contributed by atoms with Gasteiger partial charge in [-0.25, -0.2) is 0 Å². The first-order chi connectivity index (χ1) is 11.2. The molecule has 2 heterocycles. The number of benzene rings is 1. The van der Waals surface area contributed by atoms with Crippen molar-refractivity contribution in [1.82, 2.24) is 4.90 Å². The topological polar surface area (TPSA) is 12.5 Å². The second-order valence-electron chi connectivity index (χ2n) is 7.09. The summed E-state index contributed by atoms with van der Waals surface area (Å²) in [4.78, 5) is 2.65. The molecule has 0 amide bonds. The van der Waals surface area contributed by atoms with Gasteiger partial charge < -0.3 is 4.43 Å². The summed E-state index contributed by atoms with van der Waals surface area (Å²) in [7, 11) is -1.57. The molecule has 2 fully saturated rings. The van der Waals surface area contributed by atoms with Crippen molar-refractivity contribution in [2.45, 2.75) is 63.9 Å². The van der Waals surface area contributed by atoms with Gasteiger partial charge in [-0.1, -0.05) is 57.2 Å². The van der Waals surface area contributed by atoms with E-state index < -0.39 is 8.32 Å². The van der Waals surface area contributed by atoms with E-state index >= 15 is 0 Å². The second kappa shape index (κ2) is 7.33. The summed E-state index contributed by atoms with van der Waals surface area (Å²) < 4.78 is 6.97. The molecule has 1 aromatic carbocycles. The van der Waals surface area contributed by atoms with E-state index in [2.05, 4.69) is 62.1 Å². The Kier molecular flexibility index (Phi) is 5.40. The van der Waals surface area contributed by atoms with Gasteiger partial charge in [-0.2, -0.15) is 0 Å². The normalized spacial score (nSPS) is 26.8. The highest BCUT2D eigenvalue weighted by Crippen LogP contribution is 2.38. The number of hydrogen-bond donors (Lipinski definition) is 0. The van der Waals surface area contributed by atoms with Crippen LogP contribution in [-0.2, 0) is 4.43 Å². The molecule has 2 aliphatic heterocycles. The SMILES string of the molecule is CC[Si](CC)(CC)O[C@@H]1/C(=C\c2ccccc2)CN2CCC[C@@H]12. The summed E-state index contributed by atoms with van der Waals surface area (Å²) >= 11 is 0. The average Bonchev–Trinajstić information content (AvgIpc) is 3.16. The van der Waals surface area contributed by atoms with Crippen molar-refractivity contribution in [3.05, 3.63) is 41.5 Å². The first kappa shape index (κ1) is 16.9. The van der Waals surface area contributed by atoms with Crippen molar-refractivity contribution in [2.24, 2.45) is 0 Å². The van der Waals surface area contributed by atoms with E-state index in [1.54, 1.807) is 0 Å². The molecule has 126 valence electrons. The molecule has 3 heteroatoms. The lowest BCUT2D eigenvalue weighted by molar-refractivity contribution is 0.163. The Morgan fingerprint density at radius 2 is 1.83 bits per heavy atom. The van der Waals surface area contributed by atoms with Gasteiger partial charge in [0.05, 0.1) is 6.10 Å². The van der Waals surface area contributed by atoms with E-state index in [1.807, 2.05) is 0 Å². The first-order valence-corrected chi connectivity index (χ1v) is 11.9. The second-order valence-corrected chi connectivity index (χ2v) is 11.8. The Bertz CT molecular complexity index is 530. The quantitative estimate of drug-likeness (QED) is 0.686. The molecule has 0 spiro atoms. The lowest BCUT2D eigenvalue weighted by Gasteiger charge is -2.34. The zero-order valence-electron chi connectivity index (χ0n) is 14.9. The molecule has 23 heavy (non-hydrogen) atoms. The largest absolute Gasteiger partial charge is 0.409 e. The third kappa shape index (κ3) is 3.47. The minimum Gasteiger partial charge on any atom is -0.409 e. The van der Waals surface area contributed by atoms with E-state index in [9.17, 15) is 0 Å². The highest BCUT2D eigenvalue weighted by atomic mass is 28.4. The number of nitrogens with zero attached hydrogens (tertiary/aromatic N) is 1. The van der Waals surface area contributed by atoms with Gasteiger partial charge in [0.2, 0.25) is 0 Å². The van der Waals surface area contributed by atoms with Crippen LogP contribution in [0.5, 0.6) is 0 Å². The minimum absolute atomic E-state index is 0.337. The molecule has 0 aromatic heterocycles. The van der Waals surface area contributed by atoms with Gasteiger partial charge in [-0.05, 0) is 48.7 Å². The Labute approximate surface area is 142 Å². The van der Waals surface area contributed by atoms with Crippen molar-refractivity contribution >= 4 is 14.4 Å². The van der Waals surface area contributed by atoms with Crippen molar-refractivity contribution in [3.63, 3.8) is 0 Å². The lowest BCUT2D eigenvalue weighted by Crippen LogP contribution is -2.44. The molecule has 1 aromatic rings.